The van der Waals surface area contributed by atoms with E-state index in [1.165, 1.54) is 250 Å². The van der Waals surface area contributed by atoms with Crippen molar-refractivity contribution in [3.63, 3.8) is 0 Å². The monoisotopic (exact) mass is 1100 g/mol. The molecule has 7 unspecified atom stereocenters. The van der Waals surface area contributed by atoms with Crippen molar-refractivity contribution in [1.82, 2.24) is 5.32 Å². The highest BCUT2D eigenvalue weighted by Crippen LogP contribution is 2.26. The van der Waals surface area contributed by atoms with Crippen molar-refractivity contribution in [1.29, 1.82) is 0 Å². The second-order valence-electron chi connectivity index (χ2n) is 22.7. The predicted molar refractivity (Wildman–Crippen MR) is 315 cm³/mol. The summed E-state index contributed by atoms with van der Waals surface area (Å²) in [5, 5.41) is 45.1. The zero-order valence-electron chi connectivity index (χ0n) is 49.1. The number of ether oxygens (including phenoxy) is 2. The van der Waals surface area contributed by atoms with Crippen LogP contribution in [0.3, 0.4) is 0 Å². The highest BCUT2D eigenvalue weighted by molar-refractivity contribution is 7.80. The first-order chi connectivity index (χ1) is 37.0. The molecule has 76 heavy (non-hydrogen) atoms. The highest BCUT2D eigenvalue weighted by atomic mass is 32.3. The van der Waals surface area contributed by atoms with Gasteiger partial charge in [0.2, 0.25) is 5.91 Å². The Morgan fingerprint density at radius 1 is 0.513 bits per heavy atom. The van der Waals surface area contributed by atoms with Crippen LogP contribution in [0.4, 0.5) is 0 Å². The Morgan fingerprint density at radius 3 is 1.18 bits per heavy atom. The molecular formula is C63H121NO11S. The van der Waals surface area contributed by atoms with Crippen LogP contribution in [0.2, 0.25) is 0 Å². The van der Waals surface area contributed by atoms with Gasteiger partial charge in [0.05, 0.1) is 25.4 Å². The van der Waals surface area contributed by atoms with E-state index in [4.69, 9.17) is 9.47 Å². The van der Waals surface area contributed by atoms with Crippen LogP contribution in [-0.4, -0.2) is 95.4 Å². The number of carbonyl (C=O) groups excluding carboxylic acids is 1. The number of unbranched alkanes of at least 4 members (excludes halogenated alkanes) is 43. The normalized spacial score (nSPS) is 19.1. The lowest BCUT2D eigenvalue weighted by Crippen LogP contribution is -2.61. The molecule has 1 aliphatic rings. The van der Waals surface area contributed by atoms with Crippen molar-refractivity contribution in [3.05, 3.63) is 24.3 Å². The van der Waals surface area contributed by atoms with Crippen LogP contribution in [0.1, 0.15) is 316 Å². The van der Waals surface area contributed by atoms with Crippen molar-refractivity contribution in [3.8, 4) is 0 Å². The average Bonchev–Trinajstić information content (AvgIpc) is 3.40. The van der Waals surface area contributed by atoms with E-state index < -0.39 is 59.9 Å². The number of aliphatic hydroxyl groups is 4. The van der Waals surface area contributed by atoms with E-state index >= 15 is 0 Å². The molecule has 1 saturated heterocycles. The smallest absolute Gasteiger partial charge is 0.394 e. The Morgan fingerprint density at radius 2 is 0.842 bits per heavy atom. The summed E-state index contributed by atoms with van der Waals surface area (Å²) in [5.41, 5.74) is 0. The van der Waals surface area contributed by atoms with Crippen LogP contribution in [0, 0.1) is 0 Å². The first-order valence-corrected chi connectivity index (χ1v) is 33.6. The fourth-order valence-corrected chi connectivity index (χ4v) is 11.0. The number of hydrogen-bond donors (Lipinski definition) is 6. The molecule has 450 valence electrons. The van der Waals surface area contributed by atoms with Gasteiger partial charge in [0.25, 0.3) is 0 Å². The van der Waals surface area contributed by atoms with Crippen LogP contribution in [0.5, 0.6) is 0 Å². The lowest BCUT2D eigenvalue weighted by molar-refractivity contribution is -0.298. The van der Waals surface area contributed by atoms with Gasteiger partial charge in [-0.25, -0.2) is 4.18 Å². The van der Waals surface area contributed by atoms with Gasteiger partial charge in [-0.05, 0) is 44.9 Å². The van der Waals surface area contributed by atoms with E-state index in [1.807, 2.05) is 6.08 Å². The molecule has 0 aromatic carbocycles. The zero-order valence-corrected chi connectivity index (χ0v) is 49.9. The summed E-state index contributed by atoms with van der Waals surface area (Å²) in [6, 6.07) is -0.944. The van der Waals surface area contributed by atoms with Crippen LogP contribution in [0.15, 0.2) is 24.3 Å². The first kappa shape index (κ1) is 72.6. The standard InChI is InChI=1S/C63H121NO11S/c1-3-5-7-9-11-13-15-17-19-21-23-25-26-27-28-29-30-31-33-35-37-39-41-43-45-47-49-51-53-59(67)64-56(55-73-63-61(69)62(75-76(70,71)72)60(68)58(54-65)74-63)57(66)52-50-48-46-44-42-40-38-36-34-32-24-22-20-18-16-14-12-10-8-6-4-2/h27-28,50,52,56-58,60-63,65-66,68-69H,3-26,29-49,51,53-55H2,1-2H3,(H,64,67)(H,70,71,72)/b28-27-,52-50+. The van der Waals surface area contributed by atoms with Crippen LogP contribution in [-0.2, 0) is 28.9 Å². The lowest BCUT2D eigenvalue weighted by Gasteiger charge is -2.41. The molecule has 1 heterocycles. The fourth-order valence-electron chi connectivity index (χ4n) is 10.5. The minimum absolute atomic E-state index is 0.257. The van der Waals surface area contributed by atoms with Gasteiger partial charge in [-0.2, -0.15) is 8.42 Å². The van der Waals surface area contributed by atoms with Gasteiger partial charge in [0.15, 0.2) is 6.29 Å². The summed E-state index contributed by atoms with van der Waals surface area (Å²) in [5.74, 6) is -0.257. The third-order valence-corrected chi connectivity index (χ3v) is 15.9. The van der Waals surface area contributed by atoms with Crippen LogP contribution >= 0.6 is 0 Å². The molecule has 0 aromatic heterocycles. The van der Waals surface area contributed by atoms with E-state index in [-0.39, 0.29) is 18.9 Å². The lowest BCUT2D eigenvalue weighted by atomic mass is 9.99. The van der Waals surface area contributed by atoms with E-state index in [0.717, 1.165) is 38.5 Å². The third-order valence-electron chi connectivity index (χ3n) is 15.5. The number of allylic oxidation sites excluding steroid dienone is 3. The minimum atomic E-state index is -5.09. The van der Waals surface area contributed by atoms with Gasteiger partial charge in [-0.1, -0.05) is 289 Å². The molecule has 13 heteroatoms. The molecule has 0 aromatic rings. The predicted octanol–water partition coefficient (Wildman–Crippen LogP) is 16.0. The molecule has 0 bridgehead atoms. The summed E-state index contributed by atoms with van der Waals surface area (Å²) in [7, 11) is -5.09. The quantitative estimate of drug-likeness (QED) is 0.0193. The Balaban J connectivity index is 2.30. The molecule has 0 saturated carbocycles. The average molecular weight is 1100 g/mol. The summed E-state index contributed by atoms with van der Waals surface area (Å²) >= 11 is 0. The fraction of sp³-hybridized carbons (Fsp3) is 0.921. The Labute approximate surface area is 467 Å². The maximum atomic E-state index is 13.2. The number of nitrogens with one attached hydrogen (secondary N) is 1. The molecule has 0 aliphatic carbocycles. The van der Waals surface area contributed by atoms with Crippen molar-refractivity contribution in [2.45, 2.75) is 358 Å². The second-order valence-corrected chi connectivity index (χ2v) is 23.8. The molecule has 0 radical (unpaired) electrons. The second kappa shape index (κ2) is 52.9. The maximum Gasteiger partial charge on any atom is 0.397 e. The van der Waals surface area contributed by atoms with Crippen molar-refractivity contribution < 1.29 is 51.8 Å². The van der Waals surface area contributed by atoms with E-state index in [9.17, 15) is 38.2 Å². The third kappa shape index (κ3) is 44.3. The molecule has 12 nitrogen and oxygen atoms in total. The van der Waals surface area contributed by atoms with Gasteiger partial charge in [-0.3, -0.25) is 9.35 Å². The van der Waals surface area contributed by atoms with E-state index in [0.29, 0.717) is 6.42 Å². The van der Waals surface area contributed by atoms with E-state index in [2.05, 4.69) is 35.5 Å². The van der Waals surface area contributed by atoms with Gasteiger partial charge in [0, 0.05) is 6.42 Å². The van der Waals surface area contributed by atoms with Crippen LogP contribution in [0.25, 0.3) is 0 Å². The van der Waals surface area contributed by atoms with E-state index in [1.54, 1.807) is 6.08 Å². The maximum absolute atomic E-state index is 13.2. The highest BCUT2D eigenvalue weighted by Gasteiger charge is 2.48. The first-order valence-electron chi connectivity index (χ1n) is 32.2. The van der Waals surface area contributed by atoms with Crippen molar-refractivity contribution in [2.75, 3.05) is 13.2 Å². The van der Waals surface area contributed by atoms with Gasteiger partial charge in [-0.15, -0.1) is 0 Å². The number of hydrogen-bond acceptors (Lipinski definition) is 10. The van der Waals surface area contributed by atoms with Crippen LogP contribution < -0.4 is 5.32 Å². The van der Waals surface area contributed by atoms with Crippen molar-refractivity contribution in [2.24, 2.45) is 0 Å². The summed E-state index contributed by atoms with van der Waals surface area (Å²) < 4.78 is 48.0. The molecule has 6 N–H and O–H groups in total. The Hall–Kier alpha value is -1.42. The summed E-state index contributed by atoms with van der Waals surface area (Å²) in [4.78, 5) is 13.2. The van der Waals surface area contributed by atoms with Gasteiger partial charge in [0.1, 0.15) is 24.4 Å². The topological polar surface area (TPSA) is 192 Å². The summed E-state index contributed by atoms with van der Waals surface area (Å²) in [6.45, 7) is 3.45. The molecule has 1 aliphatic heterocycles. The molecular weight excluding hydrogens is 979 g/mol. The number of rotatable bonds is 57. The van der Waals surface area contributed by atoms with Crippen molar-refractivity contribution >= 4 is 16.3 Å². The SMILES string of the molecule is CCCCCCCCCCCCCC/C=C\CCCCCCCCCCCCCCC(=O)NC(COC1OC(CO)C(O)C(OS(=O)(=O)O)C1O)C(O)/C=C/CCCCCCCCCCCCCCCCCCCCC. The number of amides is 1. The molecule has 1 rings (SSSR count). The molecule has 1 amide bonds. The Bertz CT molecular complexity index is 1430. The zero-order chi connectivity index (χ0) is 55.4. The number of aliphatic hydroxyl groups excluding tert-OH is 4. The van der Waals surface area contributed by atoms with Gasteiger partial charge >= 0.3 is 10.4 Å². The number of carbonyl (C=O) groups is 1. The molecule has 1 fully saturated rings. The molecule has 0 spiro atoms. The minimum Gasteiger partial charge on any atom is -0.394 e. The van der Waals surface area contributed by atoms with Gasteiger partial charge < -0.3 is 35.2 Å². The largest absolute Gasteiger partial charge is 0.397 e. The Kier molecular flexibility index (Phi) is 50.6. The summed E-state index contributed by atoms with van der Waals surface area (Å²) in [6.07, 6.45) is 58.1. The molecule has 7 atom stereocenters.